The molecule has 3 aromatic rings. The van der Waals surface area contributed by atoms with Crippen molar-refractivity contribution in [3.05, 3.63) is 59.9 Å². The number of hydrogen-bond acceptors (Lipinski definition) is 9. The number of Topliss-reactive ketones (excluding diaryl/α,β-unsaturated/α-hetero) is 1. The summed E-state index contributed by atoms with van der Waals surface area (Å²) < 4.78 is 12.7. The molecule has 0 aliphatic carbocycles. The Morgan fingerprint density at radius 3 is 2.63 bits per heavy atom. The molecule has 2 heterocycles. The van der Waals surface area contributed by atoms with E-state index in [1.54, 1.807) is 36.7 Å². The summed E-state index contributed by atoms with van der Waals surface area (Å²) in [6.07, 6.45) is 2.21. The number of rotatable bonds is 15. The van der Waals surface area contributed by atoms with E-state index in [1.807, 2.05) is 10.6 Å². The maximum atomic E-state index is 12.8. The number of carbonyl (C=O) groups excluding carboxylic acids is 2. The molecule has 1 unspecified atom stereocenters. The largest absolute Gasteiger partial charge is 0.481 e. The minimum absolute atomic E-state index is 0.0201. The van der Waals surface area contributed by atoms with Crippen LogP contribution in [0.4, 0.5) is 4.79 Å². The van der Waals surface area contributed by atoms with Gasteiger partial charge in [0.2, 0.25) is 0 Å². The first-order valence-electron chi connectivity index (χ1n) is 12.2. The van der Waals surface area contributed by atoms with E-state index >= 15 is 0 Å². The molecular weight excluding hydrogens is 510 g/mol. The van der Waals surface area contributed by atoms with Gasteiger partial charge in [0, 0.05) is 27.1 Å². The number of ketones is 1. The highest BCUT2D eigenvalue weighted by molar-refractivity contribution is 6.76. The molecule has 0 radical (unpaired) electrons. The van der Waals surface area contributed by atoms with Gasteiger partial charge in [-0.2, -0.15) is 4.80 Å². The van der Waals surface area contributed by atoms with E-state index in [9.17, 15) is 19.5 Å². The molecule has 14 heteroatoms. The number of nitrogens with zero attached hydrogens (tertiary/aromatic N) is 6. The second-order valence-corrected chi connectivity index (χ2v) is 15.5. The van der Waals surface area contributed by atoms with E-state index in [4.69, 9.17) is 9.47 Å². The van der Waals surface area contributed by atoms with E-state index in [2.05, 4.69) is 45.4 Å². The molecule has 0 saturated carbocycles. The number of hydrogen-bond donors (Lipinski definition) is 2. The van der Waals surface area contributed by atoms with Crippen LogP contribution in [0.2, 0.25) is 25.7 Å². The summed E-state index contributed by atoms with van der Waals surface area (Å²) in [7, 11) is -1.18. The van der Waals surface area contributed by atoms with Crippen LogP contribution in [-0.2, 0) is 45.4 Å². The molecular formula is C24H33N7O6Si. The van der Waals surface area contributed by atoms with Crippen molar-refractivity contribution >= 4 is 25.9 Å². The quantitative estimate of drug-likeness (QED) is 0.214. The Balaban J connectivity index is 1.53. The summed E-state index contributed by atoms with van der Waals surface area (Å²) in [5.41, 5.74) is 0.752. The van der Waals surface area contributed by atoms with Gasteiger partial charge >= 0.3 is 12.1 Å². The van der Waals surface area contributed by atoms with Crippen LogP contribution in [0.3, 0.4) is 0 Å². The standard InChI is InChI=1S/C24H33N7O6Si/c1-38(2,3)12-11-36-17-30-10-9-25-22(30)14-21-27-29-31(28-21)15-20(32)19(13-23(33)34)26-24(35)37-16-18-7-5-4-6-8-18/h4-10,19H,11-17H2,1-3H3,(H,26,35)(H,33,34). The first kappa shape index (κ1) is 28.7. The number of benzene rings is 1. The highest BCUT2D eigenvalue weighted by Crippen LogP contribution is 2.09. The summed E-state index contributed by atoms with van der Waals surface area (Å²) in [4.78, 5) is 41.6. The maximum Gasteiger partial charge on any atom is 0.408 e. The van der Waals surface area contributed by atoms with E-state index in [0.717, 1.165) is 16.4 Å². The summed E-state index contributed by atoms with van der Waals surface area (Å²) in [5.74, 6) is -0.851. The average molecular weight is 544 g/mol. The van der Waals surface area contributed by atoms with Crippen molar-refractivity contribution < 1.29 is 29.0 Å². The van der Waals surface area contributed by atoms with Gasteiger partial charge in [-0.15, -0.1) is 10.2 Å². The minimum Gasteiger partial charge on any atom is -0.481 e. The molecule has 0 saturated heterocycles. The number of amides is 1. The molecule has 3 rings (SSSR count). The van der Waals surface area contributed by atoms with Crippen molar-refractivity contribution in [2.45, 2.75) is 64.5 Å². The number of imidazole rings is 1. The van der Waals surface area contributed by atoms with Crippen molar-refractivity contribution in [3.63, 3.8) is 0 Å². The van der Waals surface area contributed by atoms with E-state index in [0.29, 0.717) is 25.0 Å². The second-order valence-electron chi connectivity index (χ2n) is 9.90. The van der Waals surface area contributed by atoms with E-state index < -0.39 is 38.4 Å². The number of nitrogens with one attached hydrogen (secondary N) is 1. The van der Waals surface area contributed by atoms with Crippen LogP contribution in [0.25, 0.3) is 0 Å². The summed E-state index contributed by atoms with van der Waals surface area (Å²) in [6, 6.07) is 8.70. The summed E-state index contributed by atoms with van der Waals surface area (Å²) in [5, 5.41) is 23.6. The number of carboxylic acid groups (broad SMARTS) is 1. The molecule has 0 fully saturated rings. The molecule has 1 amide bonds. The van der Waals surface area contributed by atoms with Crippen LogP contribution in [0.1, 0.15) is 23.6 Å². The van der Waals surface area contributed by atoms with Crippen molar-refractivity contribution in [2.75, 3.05) is 6.61 Å². The third kappa shape index (κ3) is 9.86. The predicted molar refractivity (Wildman–Crippen MR) is 138 cm³/mol. The Bertz CT molecular complexity index is 1210. The van der Waals surface area contributed by atoms with Gasteiger partial charge in [-0.25, -0.2) is 9.78 Å². The lowest BCUT2D eigenvalue weighted by atomic mass is 10.1. The van der Waals surface area contributed by atoms with Crippen molar-refractivity contribution in [2.24, 2.45) is 0 Å². The monoisotopic (exact) mass is 543 g/mol. The molecule has 1 atom stereocenters. The van der Waals surface area contributed by atoms with E-state index in [1.165, 1.54) is 0 Å². The molecule has 0 bridgehead atoms. The average Bonchev–Trinajstić information content (AvgIpc) is 3.49. The number of ether oxygens (including phenoxy) is 2. The fourth-order valence-electron chi connectivity index (χ4n) is 3.30. The lowest BCUT2D eigenvalue weighted by Crippen LogP contribution is -2.44. The van der Waals surface area contributed by atoms with Crippen LogP contribution < -0.4 is 5.32 Å². The minimum atomic E-state index is -1.32. The highest BCUT2D eigenvalue weighted by atomic mass is 28.3. The number of aliphatic carboxylic acids is 1. The van der Waals surface area contributed by atoms with Gasteiger partial charge in [0.15, 0.2) is 11.6 Å². The Morgan fingerprint density at radius 2 is 1.92 bits per heavy atom. The number of carbonyl (C=O) groups is 3. The van der Waals surface area contributed by atoms with E-state index in [-0.39, 0.29) is 19.6 Å². The summed E-state index contributed by atoms with van der Waals surface area (Å²) in [6.45, 7) is 7.50. The van der Waals surface area contributed by atoms with Gasteiger partial charge in [0.25, 0.3) is 0 Å². The van der Waals surface area contributed by atoms with Crippen LogP contribution in [0.15, 0.2) is 42.7 Å². The summed E-state index contributed by atoms with van der Waals surface area (Å²) >= 11 is 0. The van der Waals surface area contributed by atoms with Gasteiger partial charge in [-0.05, 0) is 16.8 Å². The molecule has 0 aliphatic heterocycles. The van der Waals surface area contributed by atoms with Crippen molar-refractivity contribution in [1.82, 2.24) is 35.1 Å². The SMILES string of the molecule is C[Si](C)(C)CCOCn1ccnc1Cc1nnn(CC(=O)C(CC(=O)O)NC(=O)OCc2ccccc2)n1. The lowest BCUT2D eigenvalue weighted by molar-refractivity contribution is -0.139. The number of aromatic nitrogens is 6. The predicted octanol–water partition coefficient (Wildman–Crippen LogP) is 2.11. The Morgan fingerprint density at radius 1 is 1.16 bits per heavy atom. The van der Waals surface area contributed by atoms with Gasteiger partial charge in [-0.1, -0.05) is 50.0 Å². The van der Waals surface area contributed by atoms with Crippen LogP contribution >= 0.6 is 0 Å². The Hall–Kier alpha value is -3.91. The van der Waals surface area contributed by atoms with Gasteiger partial charge < -0.3 is 24.5 Å². The molecule has 2 aromatic heterocycles. The molecule has 13 nitrogen and oxygen atoms in total. The number of alkyl carbamates (subject to hydrolysis) is 1. The topological polar surface area (TPSA) is 163 Å². The molecule has 2 N–H and O–H groups in total. The third-order valence-electron chi connectivity index (χ3n) is 5.41. The zero-order valence-corrected chi connectivity index (χ0v) is 22.7. The molecule has 1 aromatic carbocycles. The third-order valence-corrected chi connectivity index (χ3v) is 7.11. The Labute approximate surface area is 221 Å². The van der Waals surface area contributed by atoms with Gasteiger partial charge in [-0.3, -0.25) is 9.59 Å². The lowest BCUT2D eigenvalue weighted by Gasteiger charge is -2.16. The fraction of sp³-hybridized carbons (Fsp3) is 0.458. The molecule has 204 valence electrons. The van der Waals surface area contributed by atoms with Gasteiger partial charge in [0.1, 0.15) is 31.7 Å². The molecule has 38 heavy (non-hydrogen) atoms. The smallest absolute Gasteiger partial charge is 0.408 e. The zero-order valence-electron chi connectivity index (χ0n) is 21.7. The van der Waals surface area contributed by atoms with Crippen LogP contribution in [0, 0.1) is 0 Å². The zero-order chi connectivity index (χ0) is 27.5. The first-order chi connectivity index (χ1) is 18.1. The highest BCUT2D eigenvalue weighted by Gasteiger charge is 2.25. The van der Waals surface area contributed by atoms with Crippen molar-refractivity contribution in [1.29, 1.82) is 0 Å². The molecule has 0 spiro atoms. The fourth-order valence-corrected chi connectivity index (χ4v) is 4.05. The maximum absolute atomic E-state index is 12.8. The number of carboxylic acids is 1. The van der Waals surface area contributed by atoms with Crippen LogP contribution in [-0.4, -0.2) is 73.4 Å². The normalized spacial score (nSPS) is 12.2. The molecule has 0 aliphatic rings. The Kier molecular flexibility index (Phi) is 10.2. The van der Waals surface area contributed by atoms with Crippen molar-refractivity contribution in [3.8, 4) is 0 Å². The van der Waals surface area contributed by atoms with Crippen LogP contribution in [0.5, 0.6) is 0 Å². The first-order valence-corrected chi connectivity index (χ1v) is 15.9. The van der Waals surface area contributed by atoms with Gasteiger partial charge in [0.05, 0.1) is 12.8 Å². The second kappa shape index (κ2) is 13.6. The number of tetrazole rings is 1.